The molecule has 0 spiro atoms. The Balaban J connectivity index is 1.74. The van der Waals surface area contributed by atoms with Crippen LogP contribution in [0.15, 0.2) is 18.2 Å². The van der Waals surface area contributed by atoms with Gasteiger partial charge in [0.2, 0.25) is 0 Å². The molecular formula is C17H20N4O2. The Morgan fingerprint density at radius 3 is 2.61 bits per heavy atom. The second-order valence-electron chi connectivity index (χ2n) is 6.04. The van der Waals surface area contributed by atoms with Crippen LogP contribution in [-0.4, -0.2) is 48.9 Å². The number of urea groups is 1. The van der Waals surface area contributed by atoms with Crippen LogP contribution in [0.4, 0.5) is 10.5 Å². The Kier molecular flexibility index (Phi) is 4.20. The maximum atomic E-state index is 11.8. The van der Waals surface area contributed by atoms with Crippen molar-refractivity contribution >= 4 is 17.5 Å². The van der Waals surface area contributed by atoms with Crippen LogP contribution in [0.5, 0.6) is 0 Å². The van der Waals surface area contributed by atoms with Gasteiger partial charge >= 0.3 is 6.03 Å². The lowest BCUT2D eigenvalue weighted by molar-refractivity contribution is 0.101. The van der Waals surface area contributed by atoms with E-state index in [4.69, 9.17) is 0 Å². The fraction of sp³-hybridized carbons (Fsp3) is 0.471. The summed E-state index contributed by atoms with van der Waals surface area (Å²) in [6.07, 6.45) is 1.76. The van der Waals surface area contributed by atoms with Crippen LogP contribution in [-0.2, 0) is 0 Å². The summed E-state index contributed by atoms with van der Waals surface area (Å²) in [4.78, 5) is 27.4. The number of anilines is 1. The summed E-state index contributed by atoms with van der Waals surface area (Å²) in [5, 5.41) is 12.2. The van der Waals surface area contributed by atoms with Crippen LogP contribution in [0.2, 0.25) is 0 Å². The van der Waals surface area contributed by atoms with Gasteiger partial charge in [-0.3, -0.25) is 4.79 Å². The average Bonchev–Trinajstić information content (AvgIpc) is 3.00. The summed E-state index contributed by atoms with van der Waals surface area (Å²) in [7, 11) is 0. The molecule has 2 fully saturated rings. The van der Waals surface area contributed by atoms with E-state index >= 15 is 0 Å². The first-order valence-corrected chi connectivity index (χ1v) is 7.94. The van der Waals surface area contributed by atoms with Crippen molar-refractivity contribution in [3.8, 4) is 6.07 Å². The minimum atomic E-state index is -0.000589. The number of nitrogens with one attached hydrogen (secondary N) is 1. The number of Topliss-reactive ketones (excluding diaryl/α,β-unsaturated/α-hetero) is 1. The van der Waals surface area contributed by atoms with Crippen molar-refractivity contribution in [2.75, 3.05) is 31.1 Å². The van der Waals surface area contributed by atoms with E-state index in [1.165, 1.54) is 6.92 Å². The molecule has 2 aliphatic rings. The van der Waals surface area contributed by atoms with Gasteiger partial charge in [-0.05, 0) is 38.0 Å². The monoisotopic (exact) mass is 312 g/mol. The summed E-state index contributed by atoms with van der Waals surface area (Å²) in [5.74, 6) is -0.000589. The third kappa shape index (κ3) is 3.00. The lowest BCUT2D eigenvalue weighted by atomic mass is 10.0. The molecule has 23 heavy (non-hydrogen) atoms. The van der Waals surface area contributed by atoms with Crippen LogP contribution in [0.1, 0.15) is 35.7 Å². The van der Waals surface area contributed by atoms with Gasteiger partial charge in [0.25, 0.3) is 0 Å². The molecule has 2 heterocycles. The maximum absolute atomic E-state index is 11.8. The Bertz CT molecular complexity index is 672. The van der Waals surface area contributed by atoms with Crippen LogP contribution in [0, 0.1) is 11.3 Å². The van der Waals surface area contributed by atoms with Gasteiger partial charge in [0.1, 0.15) is 6.07 Å². The first kappa shape index (κ1) is 15.3. The van der Waals surface area contributed by atoms with Gasteiger partial charge in [-0.2, -0.15) is 5.26 Å². The third-order valence-electron chi connectivity index (χ3n) is 4.66. The molecule has 2 amide bonds. The second kappa shape index (κ2) is 6.29. The van der Waals surface area contributed by atoms with Gasteiger partial charge in [-0.25, -0.2) is 4.79 Å². The zero-order valence-corrected chi connectivity index (χ0v) is 13.2. The van der Waals surface area contributed by atoms with E-state index in [-0.39, 0.29) is 17.9 Å². The van der Waals surface area contributed by atoms with Gasteiger partial charge in [-0.1, -0.05) is 0 Å². The molecule has 3 rings (SSSR count). The average molecular weight is 312 g/mol. The molecule has 0 aromatic heterocycles. The maximum Gasteiger partial charge on any atom is 0.317 e. The van der Waals surface area contributed by atoms with Crippen molar-refractivity contribution in [3.05, 3.63) is 29.3 Å². The summed E-state index contributed by atoms with van der Waals surface area (Å²) in [6.45, 7) is 4.59. The van der Waals surface area contributed by atoms with E-state index in [1.807, 2.05) is 11.0 Å². The number of nitriles is 1. The van der Waals surface area contributed by atoms with E-state index in [0.717, 1.165) is 44.7 Å². The highest BCUT2D eigenvalue weighted by Gasteiger charge is 2.31. The Hall–Kier alpha value is -2.55. The van der Waals surface area contributed by atoms with Crippen molar-refractivity contribution in [3.63, 3.8) is 0 Å². The zero-order valence-electron chi connectivity index (χ0n) is 13.2. The van der Waals surface area contributed by atoms with E-state index in [2.05, 4.69) is 16.3 Å². The molecule has 0 bridgehead atoms. The lowest BCUT2D eigenvalue weighted by Crippen LogP contribution is -2.46. The van der Waals surface area contributed by atoms with Crippen LogP contribution in [0.3, 0.4) is 0 Å². The predicted octanol–water partition coefficient (Wildman–Crippen LogP) is 1.75. The standard InChI is InChI=1S/C17H20N4O2/c1-12(22)13-2-3-14(11-18)16(10-13)20-7-4-15(5-8-20)21-9-6-19-17(21)23/h2-3,10,15H,4-9H2,1H3,(H,19,23). The van der Waals surface area contributed by atoms with Gasteiger partial charge < -0.3 is 15.1 Å². The SMILES string of the molecule is CC(=O)c1ccc(C#N)c(N2CCC(N3CCNC3=O)CC2)c1. The van der Waals surface area contributed by atoms with Gasteiger partial charge in [0.05, 0.1) is 11.3 Å². The summed E-state index contributed by atoms with van der Waals surface area (Å²) in [6, 6.07) is 7.72. The highest BCUT2D eigenvalue weighted by atomic mass is 16.2. The summed E-state index contributed by atoms with van der Waals surface area (Å²) in [5.41, 5.74) is 2.04. The summed E-state index contributed by atoms with van der Waals surface area (Å²) >= 11 is 0. The number of amides is 2. The molecule has 0 unspecified atom stereocenters. The number of piperidine rings is 1. The smallest absolute Gasteiger partial charge is 0.317 e. The second-order valence-corrected chi connectivity index (χ2v) is 6.04. The van der Waals surface area contributed by atoms with Crippen molar-refractivity contribution in [1.82, 2.24) is 10.2 Å². The van der Waals surface area contributed by atoms with Crippen molar-refractivity contribution in [2.45, 2.75) is 25.8 Å². The lowest BCUT2D eigenvalue weighted by Gasteiger charge is -2.37. The minimum Gasteiger partial charge on any atom is -0.370 e. The molecule has 0 saturated carbocycles. The quantitative estimate of drug-likeness (QED) is 0.863. The number of hydrogen-bond acceptors (Lipinski definition) is 4. The number of carbonyl (C=O) groups excluding carboxylic acids is 2. The predicted molar refractivity (Wildman–Crippen MR) is 86.5 cm³/mol. The highest BCUT2D eigenvalue weighted by Crippen LogP contribution is 2.27. The van der Waals surface area contributed by atoms with Crippen LogP contribution in [0.25, 0.3) is 0 Å². The van der Waals surface area contributed by atoms with Crippen LogP contribution < -0.4 is 10.2 Å². The normalized spacial score (nSPS) is 18.7. The largest absolute Gasteiger partial charge is 0.370 e. The zero-order chi connectivity index (χ0) is 16.4. The van der Waals surface area contributed by atoms with E-state index < -0.39 is 0 Å². The first-order chi connectivity index (χ1) is 11.1. The molecule has 6 nitrogen and oxygen atoms in total. The summed E-state index contributed by atoms with van der Waals surface area (Å²) < 4.78 is 0. The number of ketones is 1. The highest BCUT2D eigenvalue weighted by molar-refractivity contribution is 5.95. The van der Waals surface area contributed by atoms with E-state index in [0.29, 0.717) is 11.1 Å². The number of hydrogen-bond donors (Lipinski definition) is 1. The van der Waals surface area contributed by atoms with E-state index in [9.17, 15) is 14.9 Å². The minimum absolute atomic E-state index is 0.000589. The van der Waals surface area contributed by atoms with Crippen molar-refractivity contribution in [2.24, 2.45) is 0 Å². The molecular weight excluding hydrogens is 292 g/mol. The molecule has 0 atom stereocenters. The third-order valence-corrected chi connectivity index (χ3v) is 4.66. The molecule has 0 aliphatic carbocycles. The Morgan fingerprint density at radius 2 is 2.04 bits per heavy atom. The van der Waals surface area contributed by atoms with Gasteiger partial charge in [-0.15, -0.1) is 0 Å². The first-order valence-electron chi connectivity index (χ1n) is 7.94. The topological polar surface area (TPSA) is 76.4 Å². The Morgan fingerprint density at radius 1 is 1.30 bits per heavy atom. The fourth-order valence-electron chi connectivity index (χ4n) is 3.36. The number of rotatable bonds is 3. The van der Waals surface area contributed by atoms with Gasteiger partial charge in [0, 0.05) is 37.8 Å². The van der Waals surface area contributed by atoms with Crippen LogP contribution >= 0.6 is 0 Å². The fourth-order valence-corrected chi connectivity index (χ4v) is 3.36. The van der Waals surface area contributed by atoms with E-state index in [1.54, 1.807) is 12.1 Å². The van der Waals surface area contributed by atoms with Crippen molar-refractivity contribution < 1.29 is 9.59 Å². The number of benzene rings is 1. The molecule has 1 N–H and O–H groups in total. The van der Waals surface area contributed by atoms with Gasteiger partial charge in [0.15, 0.2) is 5.78 Å². The molecule has 2 saturated heterocycles. The molecule has 1 aromatic rings. The molecule has 0 radical (unpaired) electrons. The van der Waals surface area contributed by atoms with Crippen molar-refractivity contribution in [1.29, 1.82) is 5.26 Å². The molecule has 6 heteroatoms. The molecule has 2 aliphatic heterocycles. The number of nitrogens with zero attached hydrogens (tertiary/aromatic N) is 3. The number of carbonyl (C=O) groups is 2. The molecule has 120 valence electrons. The molecule has 1 aromatic carbocycles. The Labute approximate surface area is 135 Å².